The Morgan fingerprint density at radius 2 is 1.79 bits per heavy atom. The van der Waals surface area contributed by atoms with Gasteiger partial charge in [-0.2, -0.15) is 0 Å². The first-order valence-electron chi connectivity index (χ1n) is 11.4. The van der Waals surface area contributed by atoms with E-state index in [-0.39, 0.29) is 19.3 Å². The summed E-state index contributed by atoms with van der Waals surface area (Å²) >= 11 is 0. The molecule has 33 heavy (non-hydrogen) atoms. The van der Waals surface area contributed by atoms with Crippen molar-refractivity contribution in [3.63, 3.8) is 0 Å². The van der Waals surface area contributed by atoms with Gasteiger partial charge in [0.25, 0.3) is 5.92 Å². The van der Waals surface area contributed by atoms with E-state index < -0.39 is 34.5 Å². The molecule has 180 valence electrons. The van der Waals surface area contributed by atoms with Crippen LogP contribution in [0, 0.1) is 5.92 Å². The van der Waals surface area contributed by atoms with Crippen LogP contribution in [0.25, 0.3) is 0 Å². The number of nitrogens with zero attached hydrogens (tertiary/aromatic N) is 2. The molecule has 0 bridgehead atoms. The summed E-state index contributed by atoms with van der Waals surface area (Å²) in [4.78, 5) is 5.72. The van der Waals surface area contributed by atoms with Crippen molar-refractivity contribution >= 4 is 15.8 Å². The van der Waals surface area contributed by atoms with Gasteiger partial charge in [0.15, 0.2) is 0 Å². The van der Waals surface area contributed by atoms with Gasteiger partial charge in [-0.3, -0.25) is 0 Å². The molecule has 1 aromatic carbocycles. The fraction of sp³-hybridized carbons (Fsp3) is 0.542. The number of pyridine rings is 1. The van der Waals surface area contributed by atoms with Crippen LogP contribution in [0.15, 0.2) is 54.7 Å². The Labute approximate surface area is 194 Å². The van der Waals surface area contributed by atoms with E-state index in [2.05, 4.69) is 21.8 Å². The Kier molecular flexibility index (Phi) is 7.31. The molecule has 1 unspecified atom stereocenters. The van der Waals surface area contributed by atoms with Gasteiger partial charge in [-0.25, -0.2) is 26.9 Å². The third-order valence-corrected chi connectivity index (χ3v) is 7.27. The maximum absolute atomic E-state index is 15.1. The highest BCUT2D eigenvalue weighted by Crippen LogP contribution is 2.36. The Morgan fingerprint density at radius 3 is 2.42 bits per heavy atom. The molecular formula is C24H31F2N3O3S. The van der Waals surface area contributed by atoms with Gasteiger partial charge in [-0.1, -0.05) is 36.4 Å². The monoisotopic (exact) mass is 479 g/mol. The average Bonchev–Trinajstić information content (AvgIpc) is 2.80. The summed E-state index contributed by atoms with van der Waals surface area (Å²) < 4.78 is 62.3. The molecule has 1 aliphatic heterocycles. The average molecular weight is 480 g/mol. The molecule has 2 atom stereocenters. The zero-order valence-corrected chi connectivity index (χ0v) is 19.6. The Morgan fingerprint density at radius 1 is 1.09 bits per heavy atom. The summed E-state index contributed by atoms with van der Waals surface area (Å²) in [5.74, 6) is -3.04. The number of nitrogens with one attached hydrogen (secondary N) is 1. The molecule has 1 saturated carbocycles. The minimum atomic E-state index is -3.81. The molecule has 0 spiro atoms. The first kappa shape index (κ1) is 24.0. The number of benzene rings is 1. The SMILES string of the molecule is CS(=O)(=O)NC1[C@H](COC2CCC(c3ccccc3)CC2)CN(c2ccccn2)CC1(F)F. The van der Waals surface area contributed by atoms with Gasteiger partial charge in [0.1, 0.15) is 5.82 Å². The normalized spacial score (nSPS) is 27.9. The van der Waals surface area contributed by atoms with Crippen molar-refractivity contribution in [2.24, 2.45) is 5.92 Å². The molecule has 9 heteroatoms. The van der Waals surface area contributed by atoms with Crippen LogP contribution in [0.4, 0.5) is 14.6 Å². The fourth-order valence-corrected chi connectivity index (χ4v) is 5.80. The van der Waals surface area contributed by atoms with E-state index in [1.165, 1.54) is 10.5 Å². The maximum Gasteiger partial charge on any atom is 0.281 e. The van der Waals surface area contributed by atoms with E-state index >= 15 is 8.78 Å². The van der Waals surface area contributed by atoms with Crippen LogP contribution in [0.3, 0.4) is 0 Å². The quantitative estimate of drug-likeness (QED) is 0.654. The molecule has 2 heterocycles. The topological polar surface area (TPSA) is 71.5 Å². The highest BCUT2D eigenvalue weighted by molar-refractivity contribution is 7.88. The molecule has 4 rings (SSSR count). The van der Waals surface area contributed by atoms with E-state index in [1.807, 2.05) is 18.2 Å². The molecule has 1 saturated heterocycles. The van der Waals surface area contributed by atoms with Crippen LogP contribution < -0.4 is 9.62 Å². The maximum atomic E-state index is 15.1. The van der Waals surface area contributed by atoms with Crippen molar-refractivity contribution in [2.45, 2.75) is 49.7 Å². The second-order valence-corrected chi connectivity index (χ2v) is 11.0. The second kappa shape index (κ2) is 10.0. The van der Waals surface area contributed by atoms with E-state index in [4.69, 9.17) is 4.74 Å². The van der Waals surface area contributed by atoms with Crippen molar-refractivity contribution in [3.05, 3.63) is 60.3 Å². The summed E-state index contributed by atoms with van der Waals surface area (Å²) in [6.45, 7) is -0.304. The Balaban J connectivity index is 1.42. The molecule has 1 aliphatic carbocycles. The lowest BCUT2D eigenvalue weighted by Crippen LogP contribution is -2.64. The minimum absolute atomic E-state index is 0.0114. The zero-order valence-electron chi connectivity index (χ0n) is 18.7. The largest absolute Gasteiger partial charge is 0.378 e. The summed E-state index contributed by atoms with van der Waals surface area (Å²) in [5, 5.41) is 0. The molecule has 2 aromatic rings. The highest BCUT2D eigenvalue weighted by atomic mass is 32.2. The summed E-state index contributed by atoms with van der Waals surface area (Å²) in [6, 6.07) is 14.0. The Bertz CT molecular complexity index is 1000. The predicted molar refractivity (Wildman–Crippen MR) is 124 cm³/mol. The lowest BCUT2D eigenvalue weighted by molar-refractivity contribution is -0.0811. The molecule has 0 amide bonds. The summed E-state index contributed by atoms with van der Waals surface area (Å²) in [5.41, 5.74) is 1.33. The van der Waals surface area contributed by atoms with Gasteiger partial charge in [-0.15, -0.1) is 0 Å². The number of aromatic nitrogens is 1. The number of piperidine rings is 1. The fourth-order valence-electron chi connectivity index (χ4n) is 4.98. The smallest absolute Gasteiger partial charge is 0.281 e. The number of sulfonamides is 1. The lowest BCUT2D eigenvalue weighted by Gasteiger charge is -2.44. The first-order valence-corrected chi connectivity index (χ1v) is 13.3. The van der Waals surface area contributed by atoms with Crippen LogP contribution in [0.2, 0.25) is 0 Å². The predicted octanol–water partition coefficient (Wildman–Crippen LogP) is 3.81. The van der Waals surface area contributed by atoms with Crippen molar-refractivity contribution in [1.82, 2.24) is 9.71 Å². The number of halogens is 2. The number of hydrogen-bond donors (Lipinski definition) is 1. The van der Waals surface area contributed by atoms with Crippen molar-refractivity contribution in [1.29, 1.82) is 0 Å². The van der Waals surface area contributed by atoms with E-state index in [0.717, 1.165) is 31.9 Å². The number of anilines is 1. The van der Waals surface area contributed by atoms with Gasteiger partial charge < -0.3 is 9.64 Å². The first-order chi connectivity index (χ1) is 15.7. The van der Waals surface area contributed by atoms with E-state index in [0.29, 0.717) is 11.7 Å². The number of hydrogen-bond acceptors (Lipinski definition) is 5. The third-order valence-electron chi connectivity index (χ3n) is 6.59. The second-order valence-electron chi connectivity index (χ2n) is 9.17. The molecule has 1 N–H and O–H groups in total. The Hall–Kier alpha value is -2.10. The lowest BCUT2D eigenvalue weighted by atomic mass is 9.82. The van der Waals surface area contributed by atoms with Gasteiger partial charge in [-0.05, 0) is 49.3 Å². The number of alkyl halides is 2. The van der Waals surface area contributed by atoms with Crippen LogP contribution in [-0.2, 0) is 14.8 Å². The zero-order chi connectivity index (χ0) is 23.5. The molecule has 6 nitrogen and oxygen atoms in total. The van der Waals surface area contributed by atoms with Crippen molar-refractivity contribution < 1.29 is 21.9 Å². The minimum Gasteiger partial charge on any atom is -0.378 e. The highest BCUT2D eigenvalue weighted by Gasteiger charge is 2.51. The molecule has 0 radical (unpaired) electrons. The van der Waals surface area contributed by atoms with E-state index in [9.17, 15) is 8.42 Å². The van der Waals surface area contributed by atoms with Crippen LogP contribution >= 0.6 is 0 Å². The van der Waals surface area contributed by atoms with Crippen molar-refractivity contribution in [2.75, 3.05) is 30.9 Å². The van der Waals surface area contributed by atoms with Gasteiger partial charge >= 0.3 is 0 Å². The number of rotatable bonds is 7. The molecule has 2 aliphatic rings. The molecule has 2 fully saturated rings. The van der Waals surface area contributed by atoms with Gasteiger partial charge in [0.2, 0.25) is 10.0 Å². The summed E-state index contributed by atoms with van der Waals surface area (Å²) in [7, 11) is -3.81. The molecular weight excluding hydrogens is 448 g/mol. The van der Waals surface area contributed by atoms with Gasteiger partial charge in [0, 0.05) is 18.7 Å². The van der Waals surface area contributed by atoms with Crippen molar-refractivity contribution in [3.8, 4) is 0 Å². The van der Waals surface area contributed by atoms with Crippen LogP contribution in [0.5, 0.6) is 0 Å². The molecule has 1 aromatic heterocycles. The van der Waals surface area contributed by atoms with Crippen LogP contribution in [0.1, 0.15) is 37.2 Å². The standard InChI is InChI=1S/C24H31F2N3O3S/c1-33(30,31)28-23-20(15-29(17-24(23,25)26)22-9-5-6-14-27-22)16-32-21-12-10-19(11-13-21)18-7-3-2-4-8-18/h2-9,14,19-21,23,28H,10-13,15-17H2,1H3/t19?,20-,21?,23?/m0/s1. The van der Waals surface area contributed by atoms with Crippen LogP contribution in [-0.4, -0.2) is 57.4 Å². The van der Waals surface area contributed by atoms with Gasteiger partial charge in [0.05, 0.1) is 31.6 Å². The van der Waals surface area contributed by atoms with E-state index in [1.54, 1.807) is 24.4 Å². The summed E-state index contributed by atoms with van der Waals surface area (Å²) in [6.07, 6.45) is 6.15. The number of ether oxygens (including phenoxy) is 1. The third kappa shape index (κ3) is 6.28.